The highest BCUT2D eigenvalue weighted by atomic mass is 16.5. The number of rotatable bonds is 4. The molecule has 0 spiro atoms. The van der Waals surface area contributed by atoms with Gasteiger partial charge in [-0.15, -0.1) is 0 Å². The predicted molar refractivity (Wildman–Crippen MR) is 75.1 cm³/mol. The van der Waals surface area contributed by atoms with Gasteiger partial charge in [0.15, 0.2) is 0 Å². The largest absolute Gasteiger partial charge is 0.472 e. The number of nitrogens with zero attached hydrogens (tertiary/aromatic N) is 2. The van der Waals surface area contributed by atoms with Gasteiger partial charge in [-0.25, -0.2) is 4.98 Å². The van der Waals surface area contributed by atoms with Crippen LogP contribution in [0.2, 0.25) is 0 Å². The Kier molecular flexibility index (Phi) is 3.47. The van der Waals surface area contributed by atoms with Gasteiger partial charge in [-0.1, -0.05) is 36.4 Å². The molecule has 3 heteroatoms. The van der Waals surface area contributed by atoms with E-state index in [-0.39, 0.29) is 6.10 Å². The highest BCUT2D eigenvalue weighted by Crippen LogP contribution is 2.26. The fourth-order valence-electron chi connectivity index (χ4n) is 2.39. The second-order valence-electron chi connectivity index (χ2n) is 4.95. The van der Waals surface area contributed by atoms with Crippen molar-refractivity contribution in [2.75, 3.05) is 13.1 Å². The summed E-state index contributed by atoms with van der Waals surface area (Å²) < 4.78 is 5.81. The molecule has 0 aliphatic carbocycles. The Morgan fingerprint density at radius 1 is 1.11 bits per heavy atom. The maximum atomic E-state index is 5.81. The van der Waals surface area contributed by atoms with Gasteiger partial charge in [0.05, 0.1) is 0 Å². The number of hydrogen-bond acceptors (Lipinski definition) is 3. The van der Waals surface area contributed by atoms with Gasteiger partial charge in [0.1, 0.15) is 6.10 Å². The molecule has 2 heterocycles. The van der Waals surface area contributed by atoms with Crippen molar-refractivity contribution in [3.05, 3.63) is 60.3 Å². The summed E-state index contributed by atoms with van der Waals surface area (Å²) in [7, 11) is 0. The zero-order valence-corrected chi connectivity index (χ0v) is 11.1. The second-order valence-corrected chi connectivity index (χ2v) is 4.95. The van der Waals surface area contributed by atoms with Crippen LogP contribution in [-0.2, 0) is 0 Å². The standard InChI is InChI=1S/C16H18N2O/c1-13(14-7-3-2-4-8-14)18-11-15(12-18)19-16-9-5-6-10-17-16/h2-10,13,15H,11-12H2,1H3. The fourth-order valence-corrected chi connectivity index (χ4v) is 2.39. The Balaban J connectivity index is 1.53. The molecule has 3 rings (SSSR count). The molecule has 2 aromatic rings. The van der Waals surface area contributed by atoms with Crippen LogP contribution in [-0.4, -0.2) is 29.1 Å². The highest BCUT2D eigenvalue weighted by Gasteiger charge is 2.32. The summed E-state index contributed by atoms with van der Waals surface area (Å²) >= 11 is 0. The zero-order chi connectivity index (χ0) is 13.1. The van der Waals surface area contributed by atoms with Gasteiger partial charge in [0.25, 0.3) is 0 Å². The quantitative estimate of drug-likeness (QED) is 0.839. The topological polar surface area (TPSA) is 25.4 Å². The normalized spacial score (nSPS) is 17.7. The Bertz CT molecular complexity index is 509. The van der Waals surface area contributed by atoms with Crippen LogP contribution in [0.1, 0.15) is 18.5 Å². The van der Waals surface area contributed by atoms with Gasteiger partial charge in [0.2, 0.25) is 5.88 Å². The van der Waals surface area contributed by atoms with E-state index in [4.69, 9.17) is 4.74 Å². The van der Waals surface area contributed by atoms with Crippen molar-refractivity contribution in [1.29, 1.82) is 0 Å². The van der Waals surface area contributed by atoms with Crippen LogP contribution in [0.5, 0.6) is 5.88 Å². The van der Waals surface area contributed by atoms with E-state index >= 15 is 0 Å². The van der Waals surface area contributed by atoms with Crippen molar-refractivity contribution in [2.45, 2.75) is 19.1 Å². The molecule has 1 aromatic carbocycles. The lowest BCUT2D eigenvalue weighted by Crippen LogP contribution is -2.54. The van der Waals surface area contributed by atoms with Crippen LogP contribution in [0, 0.1) is 0 Å². The number of likely N-dealkylation sites (tertiary alicyclic amines) is 1. The van der Waals surface area contributed by atoms with E-state index in [1.165, 1.54) is 5.56 Å². The van der Waals surface area contributed by atoms with Crippen LogP contribution < -0.4 is 4.74 Å². The summed E-state index contributed by atoms with van der Waals surface area (Å²) in [5.74, 6) is 0.722. The van der Waals surface area contributed by atoms with Gasteiger partial charge >= 0.3 is 0 Å². The monoisotopic (exact) mass is 254 g/mol. The van der Waals surface area contributed by atoms with E-state index in [2.05, 4.69) is 47.1 Å². The third-order valence-corrected chi connectivity index (χ3v) is 3.63. The van der Waals surface area contributed by atoms with Crippen LogP contribution in [0.15, 0.2) is 54.7 Å². The number of ether oxygens (including phenoxy) is 1. The predicted octanol–water partition coefficient (Wildman–Crippen LogP) is 2.91. The Hall–Kier alpha value is -1.87. The van der Waals surface area contributed by atoms with E-state index in [1.54, 1.807) is 6.20 Å². The van der Waals surface area contributed by atoms with E-state index < -0.39 is 0 Å². The van der Waals surface area contributed by atoms with Crippen molar-refractivity contribution in [3.63, 3.8) is 0 Å². The van der Waals surface area contributed by atoms with Crippen LogP contribution in [0.3, 0.4) is 0 Å². The molecule has 1 fully saturated rings. The van der Waals surface area contributed by atoms with E-state index in [9.17, 15) is 0 Å². The lowest BCUT2D eigenvalue weighted by molar-refractivity contribution is -0.00755. The summed E-state index contributed by atoms with van der Waals surface area (Å²) in [6, 6.07) is 16.8. The molecule has 1 atom stereocenters. The summed E-state index contributed by atoms with van der Waals surface area (Å²) in [5, 5.41) is 0. The molecule has 1 aromatic heterocycles. The minimum atomic E-state index is 0.265. The van der Waals surface area contributed by atoms with Crippen molar-refractivity contribution < 1.29 is 4.74 Å². The minimum Gasteiger partial charge on any atom is -0.472 e. The molecule has 1 aliphatic rings. The molecule has 0 N–H and O–H groups in total. The van der Waals surface area contributed by atoms with Gasteiger partial charge in [-0.2, -0.15) is 0 Å². The van der Waals surface area contributed by atoms with Gasteiger partial charge in [0, 0.05) is 31.4 Å². The second kappa shape index (κ2) is 5.41. The van der Waals surface area contributed by atoms with E-state index in [0.717, 1.165) is 19.0 Å². The zero-order valence-electron chi connectivity index (χ0n) is 11.1. The molecule has 0 radical (unpaired) electrons. The van der Waals surface area contributed by atoms with Gasteiger partial charge < -0.3 is 4.74 Å². The molecular weight excluding hydrogens is 236 g/mol. The molecule has 1 aliphatic heterocycles. The Morgan fingerprint density at radius 3 is 2.53 bits per heavy atom. The van der Waals surface area contributed by atoms with E-state index in [0.29, 0.717) is 6.04 Å². The van der Waals surface area contributed by atoms with Gasteiger partial charge in [-0.3, -0.25) is 4.90 Å². The maximum Gasteiger partial charge on any atom is 0.213 e. The molecule has 0 bridgehead atoms. The maximum absolute atomic E-state index is 5.81. The first-order valence-corrected chi connectivity index (χ1v) is 6.69. The lowest BCUT2D eigenvalue weighted by atomic mass is 10.0. The van der Waals surface area contributed by atoms with Crippen molar-refractivity contribution in [3.8, 4) is 5.88 Å². The summed E-state index contributed by atoms with van der Waals surface area (Å²) in [5.41, 5.74) is 1.36. The molecule has 19 heavy (non-hydrogen) atoms. The number of hydrogen-bond donors (Lipinski definition) is 0. The first-order valence-electron chi connectivity index (χ1n) is 6.69. The third kappa shape index (κ3) is 2.76. The number of aromatic nitrogens is 1. The van der Waals surface area contributed by atoms with Crippen molar-refractivity contribution in [2.24, 2.45) is 0 Å². The molecule has 3 nitrogen and oxygen atoms in total. The first-order chi connectivity index (χ1) is 9.33. The minimum absolute atomic E-state index is 0.265. The van der Waals surface area contributed by atoms with Crippen LogP contribution >= 0.6 is 0 Å². The average Bonchev–Trinajstić information content (AvgIpc) is 2.44. The molecule has 98 valence electrons. The van der Waals surface area contributed by atoms with Crippen molar-refractivity contribution >= 4 is 0 Å². The van der Waals surface area contributed by atoms with Crippen LogP contribution in [0.4, 0.5) is 0 Å². The van der Waals surface area contributed by atoms with Gasteiger partial charge in [-0.05, 0) is 18.6 Å². The Labute approximate surface area is 113 Å². The summed E-state index contributed by atoms with van der Waals surface area (Å²) in [6.07, 6.45) is 2.03. The van der Waals surface area contributed by atoms with Crippen molar-refractivity contribution in [1.82, 2.24) is 9.88 Å². The molecule has 1 saturated heterocycles. The SMILES string of the molecule is CC(c1ccccc1)N1CC(Oc2ccccn2)C1. The highest BCUT2D eigenvalue weighted by molar-refractivity contribution is 5.19. The smallest absolute Gasteiger partial charge is 0.213 e. The fraction of sp³-hybridized carbons (Fsp3) is 0.312. The summed E-state index contributed by atoms with van der Waals surface area (Å²) in [6.45, 7) is 4.17. The number of pyridine rings is 1. The summed E-state index contributed by atoms with van der Waals surface area (Å²) in [4.78, 5) is 6.61. The third-order valence-electron chi connectivity index (χ3n) is 3.63. The van der Waals surface area contributed by atoms with E-state index in [1.807, 2.05) is 18.2 Å². The van der Waals surface area contributed by atoms with Crippen LogP contribution in [0.25, 0.3) is 0 Å². The number of benzene rings is 1. The Morgan fingerprint density at radius 2 is 1.84 bits per heavy atom. The molecular formula is C16H18N2O. The first kappa shape index (κ1) is 12.2. The molecule has 0 saturated carbocycles. The average molecular weight is 254 g/mol. The lowest BCUT2D eigenvalue weighted by Gasteiger charge is -2.42. The molecule has 0 amide bonds. The molecule has 1 unspecified atom stereocenters.